The second kappa shape index (κ2) is 8.85. The number of rotatable bonds is 7. The monoisotopic (exact) mass is 307 g/mol. The van der Waals surface area contributed by atoms with Crippen LogP contribution in [0.1, 0.15) is 18.4 Å². The molecule has 1 aliphatic heterocycles. The van der Waals surface area contributed by atoms with Crippen molar-refractivity contribution in [3.63, 3.8) is 0 Å². The molecule has 1 aliphatic rings. The summed E-state index contributed by atoms with van der Waals surface area (Å²) in [6.45, 7) is 3.00. The molecule has 1 aromatic rings. The number of aliphatic hydroxyl groups is 1. The molecule has 6 nitrogen and oxygen atoms in total. The van der Waals surface area contributed by atoms with Crippen molar-refractivity contribution in [1.82, 2.24) is 10.3 Å². The lowest BCUT2D eigenvalue weighted by Crippen LogP contribution is -2.45. The molecule has 0 bridgehead atoms. The van der Waals surface area contributed by atoms with Crippen molar-refractivity contribution in [3.8, 4) is 0 Å². The summed E-state index contributed by atoms with van der Waals surface area (Å²) >= 11 is 0. The molecule has 122 valence electrons. The van der Waals surface area contributed by atoms with Crippen molar-refractivity contribution in [2.45, 2.75) is 25.6 Å². The predicted octanol–water partition coefficient (Wildman–Crippen LogP) is 0.266. The van der Waals surface area contributed by atoms with Gasteiger partial charge in [-0.2, -0.15) is 0 Å². The smallest absolute Gasteiger partial charge is 0.237 e. The largest absolute Gasteiger partial charge is 0.389 e. The van der Waals surface area contributed by atoms with Crippen LogP contribution in [0.2, 0.25) is 0 Å². The molecule has 0 spiro atoms. The summed E-state index contributed by atoms with van der Waals surface area (Å²) in [6, 6.07) is 9.90. The maximum absolute atomic E-state index is 11.4. The number of nitrogens with two attached hydrogens (primary N) is 1. The van der Waals surface area contributed by atoms with Crippen LogP contribution in [-0.4, -0.2) is 48.3 Å². The first kappa shape index (κ1) is 16.9. The number of nitrogens with one attached hydrogen (secondary N) is 1. The third-order valence-electron chi connectivity index (χ3n) is 3.99. The molecule has 1 heterocycles. The summed E-state index contributed by atoms with van der Waals surface area (Å²) in [5, 5.41) is 10.0. The molecule has 1 atom stereocenters. The summed E-state index contributed by atoms with van der Waals surface area (Å²) in [5.41, 5.74) is 3.31. The maximum atomic E-state index is 11.4. The Hall–Kier alpha value is -1.47. The van der Waals surface area contributed by atoms with E-state index in [1.807, 2.05) is 30.3 Å². The molecule has 22 heavy (non-hydrogen) atoms. The molecule has 1 unspecified atom stereocenters. The zero-order valence-electron chi connectivity index (χ0n) is 12.8. The van der Waals surface area contributed by atoms with E-state index in [2.05, 4.69) is 10.3 Å². The standard InChI is InChI=1S/C16H25N3O3/c17-18-16(21)14-6-8-19(9-7-14)10-15(20)12-22-11-13-4-2-1-3-5-13/h1-5,14-15,20H,6-12,17H2,(H,18,21). The van der Waals surface area contributed by atoms with Crippen LogP contribution in [0.5, 0.6) is 0 Å². The Morgan fingerprint density at radius 3 is 2.68 bits per heavy atom. The fourth-order valence-corrected chi connectivity index (χ4v) is 2.73. The van der Waals surface area contributed by atoms with E-state index in [-0.39, 0.29) is 11.8 Å². The van der Waals surface area contributed by atoms with Crippen LogP contribution in [0.3, 0.4) is 0 Å². The fraction of sp³-hybridized carbons (Fsp3) is 0.562. The predicted molar refractivity (Wildman–Crippen MR) is 83.6 cm³/mol. The van der Waals surface area contributed by atoms with Gasteiger partial charge in [-0.25, -0.2) is 5.84 Å². The van der Waals surface area contributed by atoms with E-state index in [0.717, 1.165) is 31.5 Å². The lowest BCUT2D eigenvalue weighted by molar-refractivity contribution is -0.126. The normalized spacial score (nSPS) is 18.1. The van der Waals surface area contributed by atoms with Gasteiger partial charge in [0.05, 0.1) is 19.3 Å². The van der Waals surface area contributed by atoms with Gasteiger partial charge in [-0.1, -0.05) is 30.3 Å². The van der Waals surface area contributed by atoms with Gasteiger partial charge in [0.2, 0.25) is 5.91 Å². The van der Waals surface area contributed by atoms with Crippen LogP contribution in [0.4, 0.5) is 0 Å². The van der Waals surface area contributed by atoms with Crippen molar-refractivity contribution >= 4 is 5.91 Å². The van der Waals surface area contributed by atoms with E-state index >= 15 is 0 Å². The number of hydrogen-bond acceptors (Lipinski definition) is 5. The Kier molecular flexibility index (Phi) is 6.79. The van der Waals surface area contributed by atoms with Crippen LogP contribution in [0, 0.1) is 5.92 Å². The lowest BCUT2D eigenvalue weighted by atomic mass is 9.96. The van der Waals surface area contributed by atoms with Crippen LogP contribution in [-0.2, 0) is 16.1 Å². The molecule has 4 N–H and O–H groups in total. The first-order valence-electron chi connectivity index (χ1n) is 7.71. The van der Waals surface area contributed by atoms with E-state index in [4.69, 9.17) is 10.6 Å². The number of nitrogens with zero attached hydrogens (tertiary/aromatic N) is 1. The van der Waals surface area contributed by atoms with Gasteiger partial charge in [-0.3, -0.25) is 10.2 Å². The minimum absolute atomic E-state index is 0.00674. The van der Waals surface area contributed by atoms with Gasteiger partial charge in [0, 0.05) is 12.5 Å². The van der Waals surface area contributed by atoms with E-state index in [1.165, 1.54) is 0 Å². The number of ether oxygens (including phenoxy) is 1. The molecule has 0 saturated carbocycles. The first-order valence-corrected chi connectivity index (χ1v) is 7.71. The highest BCUT2D eigenvalue weighted by Crippen LogP contribution is 2.17. The molecule has 0 aliphatic carbocycles. The molecule has 1 aromatic carbocycles. The molecule has 6 heteroatoms. The number of hydrazine groups is 1. The number of likely N-dealkylation sites (tertiary alicyclic amines) is 1. The highest BCUT2D eigenvalue weighted by Gasteiger charge is 2.25. The molecular formula is C16H25N3O3. The molecule has 2 rings (SSSR count). The maximum Gasteiger partial charge on any atom is 0.237 e. The zero-order valence-corrected chi connectivity index (χ0v) is 12.8. The highest BCUT2D eigenvalue weighted by molar-refractivity contribution is 5.78. The van der Waals surface area contributed by atoms with Crippen LogP contribution in [0.15, 0.2) is 30.3 Å². The van der Waals surface area contributed by atoms with Gasteiger partial charge in [0.1, 0.15) is 0 Å². The number of β-amino-alcohol motifs (C(OH)–C–C–N with tert-alkyl or cyclic N) is 1. The van der Waals surface area contributed by atoms with Crippen LogP contribution in [0.25, 0.3) is 0 Å². The highest BCUT2D eigenvalue weighted by atomic mass is 16.5. The average Bonchev–Trinajstić information content (AvgIpc) is 2.56. The summed E-state index contributed by atoms with van der Waals surface area (Å²) in [6.07, 6.45) is 1.05. The number of aliphatic hydroxyl groups excluding tert-OH is 1. The van der Waals surface area contributed by atoms with Crippen molar-refractivity contribution in [1.29, 1.82) is 0 Å². The third-order valence-corrected chi connectivity index (χ3v) is 3.99. The molecule has 1 amide bonds. The summed E-state index contributed by atoms with van der Waals surface area (Å²) in [5.74, 6) is 5.05. The molecular weight excluding hydrogens is 282 g/mol. The Morgan fingerprint density at radius 1 is 1.36 bits per heavy atom. The second-order valence-corrected chi connectivity index (χ2v) is 5.74. The van der Waals surface area contributed by atoms with Crippen molar-refractivity contribution in [3.05, 3.63) is 35.9 Å². The summed E-state index contributed by atoms with van der Waals surface area (Å²) < 4.78 is 5.54. The third kappa shape index (κ3) is 5.38. The lowest BCUT2D eigenvalue weighted by Gasteiger charge is -2.32. The van der Waals surface area contributed by atoms with Gasteiger partial charge < -0.3 is 14.7 Å². The van der Waals surface area contributed by atoms with E-state index in [9.17, 15) is 9.90 Å². The summed E-state index contributed by atoms with van der Waals surface area (Å²) in [4.78, 5) is 13.6. The molecule has 0 aromatic heterocycles. The van der Waals surface area contributed by atoms with E-state index in [0.29, 0.717) is 19.8 Å². The number of carbonyl (C=O) groups is 1. The van der Waals surface area contributed by atoms with Gasteiger partial charge >= 0.3 is 0 Å². The number of piperidine rings is 1. The Balaban J connectivity index is 1.61. The van der Waals surface area contributed by atoms with E-state index in [1.54, 1.807) is 0 Å². The van der Waals surface area contributed by atoms with Gasteiger partial charge in [0.25, 0.3) is 0 Å². The van der Waals surface area contributed by atoms with Crippen LogP contribution >= 0.6 is 0 Å². The van der Waals surface area contributed by atoms with Crippen molar-refractivity contribution in [2.75, 3.05) is 26.2 Å². The SMILES string of the molecule is NNC(=O)C1CCN(CC(O)COCc2ccccc2)CC1. The number of carbonyl (C=O) groups excluding carboxylic acids is 1. The Morgan fingerprint density at radius 2 is 2.05 bits per heavy atom. The topological polar surface area (TPSA) is 87.8 Å². The average molecular weight is 307 g/mol. The molecule has 1 saturated heterocycles. The van der Waals surface area contributed by atoms with Crippen LogP contribution < -0.4 is 11.3 Å². The zero-order chi connectivity index (χ0) is 15.8. The van der Waals surface area contributed by atoms with Gasteiger partial charge in [-0.15, -0.1) is 0 Å². The Bertz CT molecular complexity index is 447. The van der Waals surface area contributed by atoms with Crippen molar-refractivity contribution < 1.29 is 14.6 Å². The number of benzene rings is 1. The number of amides is 1. The molecule has 1 fully saturated rings. The minimum Gasteiger partial charge on any atom is -0.389 e. The fourth-order valence-electron chi connectivity index (χ4n) is 2.73. The summed E-state index contributed by atoms with van der Waals surface area (Å²) in [7, 11) is 0. The number of hydrogen-bond donors (Lipinski definition) is 3. The first-order chi connectivity index (χ1) is 10.7. The van der Waals surface area contributed by atoms with Gasteiger partial charge in [-0.05, 0) is 31.5 Å². The van der Waals surface area contributed by atoms with Crippen molar-refractivity contribution in [2.24, 2.45) is 11.8 Å². The minimum atomic E-state index is -0.511. The molecule has 0 radical (unpaired) electrons. The quantitative estimate of drug-likeness (QED) is 0.382. The Labute approximate surface area is 131 Å². The van der Waals surface area contributed by atoms with Gasteiger partial charge in [0.15, 0.2) is 0 Å². The van der Waals surface area contributed by atoms with E-state index < -0.39 is 6.10 Å². The second-order valence-electron chi connectivity index (χ2n) is 5.74.